The highest BCUT2D eigenvalue weighted by molar-refractivity contribution is 5.26. The Morgan fingerprint density at radius 1 is 1.07 bits per heavy atom. The standard InChI is InChI=1S/C27H43NO2/c1-16-7-12-27(28-15-16)17(2)24-23(30-27)14-22-20-6-5-18-13-19(29)8-10-25(18,3)21(20)9-11-26(22,24)4/h5,16-17,19-24,28-29H,6-15H2,1-4H3/t16-,17-,19-,20+,21-,22-,23-,24-,25-,26-,27?/m0/s1. The lowest BCUT2D eigenvalue weighted by Crippen LogP contribution is -2.57. The van der Waals surface area contributed by atoms with Gasteiger partial charge in [-0.25, -0.2) is 0 Å². The van der Waals surface area contributed by atoms with E-state index in [1.54, 1.807) is 5.57 Å². The van der Waals surface area contributed by atoms with E-state index in [2.05, 4.69) is 39.1 Å². The van der Waals surface area contributed by atoms with Crippen LogP contribution in [0.5, 0.6) is 0 Å². The van der Waals surface area contributed by atoms with E-state index < -0.39 is 0 Å². The number of hydrogen-bond donors (Lipinski definition) is 2. The zero-order valence-corrected chi connectivity index (χ0v) is 19.6. The van der Waals surface area contributed by atoms with Crippen molar-refractivity contribution in [2.75, 3.05) is 6.54 Å². The van der Waals surface area contributed by atoms with Crippen molar-refractivity contribution in [3.63, 3.8) is 0 Å². The molecule has 2 saturated heterocycles. The van der Waals surface area contributed by atoms with E-state index in [-0.39, 0.29) is 11.8 Å². The summed E-state index contributed by atoms with van der Waals surface area (Å²) < 4.78 is 7.00. The van der Waals surface area contributed by atoms with Crippen LogP contribution in [-0.2, 0) is 4.74 Å². The molecule has 6 rings (SSSR count). The Morgan fingerprint density at radius 3 is 2.67 bits per heavy atom. The van der Waals surface area contributed by atoms with Crippen molar-refractivity contribution in [2.24, 2.45) is 46.3 Å². The minimum Gasteiger partial charge on any atom is -0.393 e. The highest BCUT2D eigenvalue weighted by Gasteiger charge is 2.68. The smallest absolute Gasteiger partial charge is 0.122 e. The van der Waals surface area contributed by atoms with Crippen molar-refractivity contribution >= 4 is 0 Å². The van der Waals surface area contributed by atoms with E-state index in [1.807, 2.05) is 0 Å². The molecule has 0 amide bonds. The predicted octanol–water partition coefficient (Wildman–Crippen LogP) is 5.29. The van der Waals surface area contributed by atoms with Crippen LogP contribution in [0.15, 0.2) is 11.6 Å². The number of piperidine rings is 1. The van der Waals surface area contributed by atoms with Gasteiger partial charge >= 0.3 is 0 Å². The maximum atomic E-state index is 10.3. The molecule has 2 heterocycles. The van der Waals surface area contributed by atoms with E-state index >= 15 is 0 Å². The molecule has 0 radical (unpaired) electrons. The second kappa shape index (κ2) is 6.58. The first-order valence-electron chi connectivity index (χ1n) is 13.1. The Kier molecular flexibility index (Phi) is 4.44. The number of hydrogen-bond acceptors (Lipinski definition) is 3. The summed E-state index contributed by atoms with van der Waals surface area (Å²) in [5.41, 5.74) is 2.33. The SMILES string of the molecule is C[C@H]1CCC2(NC1)O[C@H]1C[C@H]3[C@@H]4CC=C5C[C@@H](O)CC[C@]5(C)[C@H]4CC[C@]3(C)[C@H]1[C@@H]2C. The second-order valence-corrected chi connectivity index (χ2v) is 12.8. The number of rotatable bonds is 0. The monoisotopic (exact) mass is 413 g/mol. The summed E-state index contributed by atoms with van der Waals surface area (Å²) in [6.45, 7) is 11.2. The lowest BCUT2D eigenvalue weighted by molar-refractivity contribution is -0.115. The largest absolute Gasteiger partial charge is 0.393 e. The van der Waals surface area contributed by atoms with Gasteiger partial charge < -0.3 is 9.84 Å². The van der Waals surface area contributed by atoms with Gasteiger partial charge in [0.15, 0.2) is 0 Å². The topological polar surface area (TPSA) is 41.5 Å². The Balaban J connectivity index is 1.28. The second-order valence-electron chi connectivity index (χ2n) is 12.8. The average molecular weight is 414 g/mol. The molecule has 0 aromatic heterocycles. The minimum atomic E-state index is -0.100. The highest BCUT2D eigenvalue weighted by atomic mass is 16.5. The van der Waals surface area contributed by atoms with E-state index in [0.29, 0.717) is 22.9 Å². The molecule has 0 aromatic carbocycles. The van der Waals surface area contributed by atoms with Gasteiger partial charge in [0.1, 0.15) is 5.72 Å². The van der Waals surface area contributed by atoms with Crippen molar-refractivity contribution in [1.82, 2.24) is 5.32 Å². The Morgan fingerprint density at radius 2 is 1.90 bits per heavy atom. The summed E-state index contributed by atoms with van der Waals surface area (Å²) in [5.74, 6) is 4.58. The van der Waals surface area contributed by atoms with E-state index in [1.165, 1.54) is 44.9 Å². The molecule has 3 heteroatoms. The van der Waals surface area contributed by atoms with Gasteiger partial charge in [0.2, 0.25) is 0 Å². The number of allylic oxidation sites excluding steroid dienone is 1. The van der Waals surface area contributed by atoms with Crippen LogP contribution in [0, 0.1) is 46.3 Å². The average Bonchev–Trinajstić information content (AvgIpc) is 3.16. The number of ether oxygens (including phenoxy) is 1. The van der Waals surface area contributed by atoms with Crippen LogP contribution >= 0.6 is 0 Å². The molecule has 4 aliphatic carbocycles. The van der Waals surface area contributed by atoms with Gasteiger partial charge in [-0.15, -0.1) is 0 Å². The molecule has 1 unspecified atom stereocenters. The molecule has 1 spiro atoms. The van der Waals surface area contributed by atoms with Gasteiger partial charge in [0.25, 0.3) is 0 Å². The maximum Gasteiger partial charge on any atom is 0.122 e. The third-order valence-corrected chi connectivity index (χ3v) is 11.6. The van der Waals surface area contributed by atoms with Crippen molar-refractivity contribution in [3.05, 3.63) is 11.6 Å². The summed E-state index contributed by atoms with van der Waals surface area (Å²) >= 11 is 0. The number of aliphatic hydroxyl groups is 1. The van der Waals surface area contributed by atoms with E-state index in [9.17, 15) is 5.11 Å². The van der Waals surface area contributed by atoms with Crippen LogP contribution in [0.2, 0.25) is 0 Å². The molecule has 2 N–H and O–H groups in total. The summed E-state index contributed by atoms with van der Waals surface area (Å²) in [4.78, 5) is 0. The van der Waals surface area contributed by atoms with E-state index in [0.717, 1.165) is 49.0 Å². The fraction of sp³-hybridized carbons (Fsp3) is 0.926. The Hall–Kier alpha value is -0.380. The summed E-state index contributed by atoms with van der Waals surface area (Å²) in [6.07, 6.45) is 13.8. The highest BCUT2D eigenvalue weighted by Crippen LogP contribution is 2.70. The molecule has 30 heavy (non-hydrogen) atoms. The zero-order chi connectivity index (χ0) is 20.9. The van der Waals surface area contributed by atoms with Gasteiger partial charge in [-0.05, 0) is 98.2 Å². The van der Waals surface area contributed by atoms with Gasteiger partial charge in [0, 0.05) is 12.5 Å². The van der Waals surface area contributed by atoms with Crippen LogP contribution in [0.25, 0.3) is 0 Å². The van der Waals surface area contributed by atoms with Crippen LogP contribution in [-0.4, -0.2) is 29.6 Å². The molecule has 5 fully saturated rings. The van der Waals surface area contributed by atoms with Crippen molar-refractivity contribution < 1.29 is 9.84 Å². The lowest BCUT2D eigenvalue weighted by atomic mass is 9.47. The molecule has 6 aliphatic rings. The minimum absolute atomic E-state index is 0.0439. The van der Waals surface area contributed by atoms with E-state index in [4.69, 9.17) is 4.74 Å². The first kappa shape index (κ1) is 20.2. The molecule has 3 nitrogen and oxygen atoms in total. The molecule has 3 saturated carbocycles. The van der Waals surface area contributed by atoms with Crippen LogP contribution < -0.4 is 5.32 Å². The van der Waals surface area contributed by atoms with Crippen LogP contribution in [0.3, 0.4) is 0 Å². The molecule has 0 aromatic rings. The summed E-state index contributed by atoms with van der Waals surface area (Å²) in [5, 5.41) is 14.1. The summed E-state index contributed by atoms with van der Waals surface area (Å²) in [6, 6.07) is 0. The first-order chi connectivity index (χ1) is 14.3. The number of aliphatic hydroxyl groups excluding tert-OH is 1. The summed E-state index contributed by atoms with van der Waals surface area (Å²) in [7, 11) is 0. The van der Waals surface area contributed by atoms with Crippen LogP contribution in [0.4, 0.5) is 0 Å². The fourth-order valence-electron chi connectivity index (χ4n) is 9.84. The number of fused-ring (bicyclic) bond motifs is 7. The molecular weight excluding hydrogens is 370 g/mol. The molecular formula is C27H43NO2. The fourth-order valence-corrected chi connectivity index (χ4v) is 9.84. The third-order valence-electron chi connectivity index (χ3n) is 11.6. The normalized spacial score (nSPS) is 59.8. The third kappa shape index (κ3) is 2.55. The maximum absolute atomic E-state index is 10.3. The van der Waals surface area contributed by atoms with Gasteiger partial charge in [-0.2, -0.15) is 0 Å². The molecule has 168 valence electrons. The van der Waals surface area contributed by atoms with Gasteiger partial charge in [0.05, 0.1) is 12.2 Å². The molecule has 0 bridgehead atoms. The van der Waals surface area contributed by atoms with Gasteiger partial charge in [-0.3, -0.25) is 5.32 Å². The predicted molar refractivity (Wildman–Crippen MR) is 120 cm³/mol. The Bertz CT molecular complexity index is 739. The van der Waals surface area contributed by atoms with Gasteiger partial charge in [-0.1, -0.05) is 39.3 Å². The Labute approximate surface area is 183 Å². The van der Waals surface area contributed by atoms with Crippen molar-refractivity contribution in [1.29, 1.82) is 0 Å². The quantitative estimate of drug-likeness (QED) is 0.530. The van der Waals surface area contributed by atoms with Crippen molar-refractivity contribution in [3.8, 4) is 0 Å². The molecule has 11 atom stereocenters. The van der Waals surface area contributed by atoms with Crippen LogP contribution in [0.1, 0.15) is 85.5 Å². The van der Waals surface area contributed by atoms with Crippen molar-refractivity contribution in [2.45, 2.75) is 103 Å². The zero-order valence-electron chi connectivity index (χ0n) is 19.6. The lowest BCUT2D eigenvalue weighted by Gasteiger charge is -2.58. The number of nitrogens with one attached hydrogen (secondary N) is 1. The molecule has 2 aliphatic heterocycles. The first-order valence-corrected chi connectivity index (χ1v) is 13.1.